The zero-order valence-electron chi connectivity index (χ0n) is 9.50. The minimum atomic E-state index is -0.952. The Labute approximate surface area is 93.1 Å². The highest BCUT2D eigenvalue weighted by molar-refractivity contribution is 5.94. The van der Waals surface area contributed by atoms with Crippen LogP contribution < -0.4 is 5.32 Å². The molecule has 0 aliphatic carbocycles. The highest BCUT2D eigenvalue weighted by Gasteiger charge is 2.25. The Bertz CT molecular complexity index is 409. The molecule has 3 N–H and O–H groups in total. The molecule has 0 fully saturated rings. The zero-order valence-corrected chi connectivity index (χ0v) is 9.50. The van der Waals surface area contributed by atoms with Crippen molar-refractivity contribution in [2.45, 2.75) is 32.7 Å². The number of aromatic amines is 1. The number of hydrogen-bond acceptors (Lipinski definition) is 3. The summed E-state index contributed by atoms with van der Waals surface area (Å²) in [6.07, 6.45) is 1.41. The molecule has 1 aromatic rings. The second-order valence-electron chi connectivity index (χ2n) is 4.34. The number of aryl methyl sites for hydroxylation is 1. The highest BCUT2D eigenvalue weighted by atomic mass is 16.4. The van der Waals surface area contributed by atoms with Gasteiger partial charge in [0.1, 0.15) is 5.69 Å². The summed E-state index contributed by atoms with van der Waals surface area (Å²) in [5.74, 6) is -1.30. The van der Waals surface area contributed by atoms with Gasteiger partial charge in [0, 0.05) is 5.54 Å². The number of nitrogens with one attached hydrogen (secondary N) is 2. The number of rotatable bonds is 4. The van der Waals surface area contributed by atoms with Crippen LogP contribution in [0.3, 0.4) is 0 Å². The number of aromatic nitrogens is 2. The lowest BCUT2D eigenvalue weighted by atomic mass is 10.0. The van der Waals surface area contributed by atoms with E-state index < -0.39 is 11.5 Å². The number of carboxylic acid groups (broad SMARTS) is 1. The van der Waals surface area contributed by atoms with Crippen LogP contribution in [0.5, 0.6) is 0 Å². The van der Waals surface area contributed by atoms with Crippen molar-refractivity contribution in [1.29, 1.82) is 0 Å². The molecule has 1 heterocycles. The number of H-pyrrole nitrogens is 1. The van der Waals surface area contributed by atoms with E-state index in [0.717, 1.165) is 5.56 Å². The molecular weight excluding hydrogens is 210 g/mol. The summed E-state index contributed by atoms with van der Waals surface area (Å²) in [4.78, 5) is 22.3. The van der Waals surface area contributed by atoms with E-state index in [-0.39, 0.29) is 12.3 Å². The molecule has 0 unspecified atom stereocenters. The molecule has 0 aliphatic rings. The van der Waals surface area contributed by atoms with Gasteiger partial charge in [0.25, 0.3) is 5.91 Å². The number of hydrogen-bond donors (Lipinski definition) is 3. The number of carbonyl (C=O) groups excluding carboxylic acids is 1. The summed E-state index contributed by atoms with van der Waals surface area (Å²) in [5.41, 5.74) is 0.294. The van der Waals surface area contributed by atoms with Crippen LogP contribution in [0.25, 0.3) is 0 Å². The van der Waals surface area contributed by atoms with Crippen LogP contribution in [0.15, 0.2) is 6.20 Å². The average Bonchev–Trinajstić information content (AvgIpc) is 2.47. The van der Waals surface area contributed by atoms with Gasteiger partial charge in [-0.1, -0.05) is 0 Å². The van der Waals surface area contributed by atoms with E-state index in [9.17, 15) is 9.59 Å². The van der Waals surface area contributed by atoms with Crippen molar-refractivity contribution in [3.63, 3.8) is 0 Å². The van der Waals surface area contributed by atoms with Crippen molar-refractivity contribution in [2.75, 3.05) is 0 Å². The van der Waals surface area contributed by atoms with Gasteiger partial charge in [-0.25, -0.2) is 0 Å². The van der Waals surface area contributed by atoms with E-state index in [1.54, 1.807) is 27.0 Å². The molecule has 0 spiro atoms. The highest BCUT2D eigenvalue weighted by Crippen LogP contribution is 2.10. The Balaban J connectivity index is 2.71. The van der Waals surface area contributed by atoms with Crippen LogP contribution in [0.1, 0.15) is 36.3 Å². The fourth-order valence-corrected chi connectivity index (χ4v) is 1.37. The molecule has 6 nitrogen and oxygen atoms in total. The summed E-state index contributed by atoms with van der Waals surface area (Å²) < 4.78 is 0. The largest absolute Gasteiger partial charge is 0.481 e. The first kappa shape index (κ1) is 12.2. The summed E-state index contributed by atoms with van der Waals surface area (Å²) in [5, 5.41) is 17.6. The van der Waals surface area contributed by atoms with E-state index in [1.165, 1.54) is 0 Å². The SMILES string of the molecule is Cc1cn[nH]c1C(=O)NC(C)(C)CC(=O)O. The van der Waals surface area contributed by atoms with Gasteiger partial charge in [-0.2, -0.15) is 5.10 Å². The lowest BCUT2D eigenvalue weighted by molar-refractivity contribution is -0.138. The Hall–Kier alpha value is -1.85. The van der Waals surface area contributed by atoms with Gasteiger partial charge >= 0.3 is 5.97 Å². The zero-order chi connectivity index (χ0) is 12.3. The third kappa shape index (κ3) is 3.08. The van der Waals surface area contributed by atoms with Crippen LogP contribution in [-0.2, 0) is 4.79 Å². The van der Waals surface area contributed by atoms with Crippen molar-refractivity contribution >= 4 is 11.9 Å². The predicted octanol–water partition coefficient (Wildman–Crippen LogP) is 0.701. The normalized spacial score (nSPS) is 11.2. The number of carboxylic acids is 1. The Kier molecular flexibility index (Phi) is 3.31. The molecule has 0 saturated carbocycles. The lowest BCUT2D eigenvalue weighted by Crippen LogP contribution is -2.45. The molecule has 0 aromatic carbocycles. The van der Waals surface area contributed by atoms with Gasteiger partial charge in [0.05, 0.1) is 12.6 Å². The minimum Gasteiger partial charge on any atom is -0.481 e. The fourth-order valence-electron chi connectivity index (χ4n) is 1.37. The molecule has 6 heteroatoms. The van der Waals surface area contributed by atoms with Gasteiger partial charge < -0.3 is 10.4 Å². The molecule has 1 rings (SSSR count). The monoisotopic (exact) mass is 225 g/mol. The predicted molar refractivity (Wildman–Crippen MR) is 57.1 cm³/mol. The second-order valence-corrected chi connectivity index (χ2v) is 4.34. The van der Waals surface area contributed by atoms with E-state index in [1.807, 2.05) is 0 Å². The second kappa shape index (κ2) is 4.34. The molecule has 1 amide bonds. The molecule has 0 bridgehead atoms. The smallest absolute Gasteiger partial charge is 0.305 e. The molecule has 88 valence electrons. The number of nitrogens with zero attached hydrogens (tertiary/aromatic N) is 1. The Morgan fingerprint density at radius 1 is 1.56 bits per heavy atom. The van der Waals surface area contributed by atoms with Gasteiger partial charge in [0.15, 0.2) is 0 Å². The first-order valence-electron chi connectivity index (χ1n) is 4.86. The minimum absolute atomic E-state index is 0.133. The van der Waals surface area contributed by atoms with Crippen LogP contribution in [-0.4, -0.2) is 32.7 Å². The third-order valence-electron chi connectivity index (χ3n) is 2.10. The third-order valence-corrected chi connectivity index (χ3v) is 2.10. The van der Waals surface area contributed by atoms with Crippen LogP contribution in [0.4, 0.5) is 0 Å². The summed E-state index contributed by atoms with van der Waals surface area (Å²) in [6, 6.07) is 0. The van der Waals surface area contributed by atoms with Gasteiger partial charge in [-0.05, 0) is 26.3 Å². The molecule has 0 radical (unpaired) electrons. The maximum Gasteiger partial charge on any atom is 0.305 e. The summed E-state index contributed by atoms with van der Waals surface area (Å²) in [6.45, 7) is 5.07. The summed E-state index contributed by atoms with van der Waals surface area (Å²) >= 11 is 0. The maximum atomic E-state index is 11.7. The lowest BCUT2D eigenvalue weighted by Gasteiger charge is -2.23. The topological polar surface area (TPSA) is 95.1 Å². The van der Waals surface area contributed by atoms with Crippen molar-refractivity contribution in [3.8, 4) is 0 Å². The Morgan fingerprint density at radius 2 is 2.19 bits per heavy atom. The Morgan fingerprint density at radius 3 is 2.62 bits per heavy atom. The van der Waals surface area contributed by atoms with Crippen LogP contribution >= 0.6 is 0 Å². The van der Waals surface area contributed by atoms with Crippen molar-refractivity contribution in [1.82, 2.24) is 15.5 Å². The quantitative estimate of drug-likeness (QED) is 0.703. The molecule has 16 heavy (non-hydrogen) atoms. The van der Waals surface area contributed by atoms with Crippen LogP contribution in [0.2, 0.25) is 0 Å². The van der Waals surface area contributed by atoms with Crippen molar-refractivity contribution in [3.05, 3.63) is 17.5 Å². The number of aliphatic carboxylic acids is 1. The standard InChI is InChI=1S/C10H15N3O3/c1-6-5-11-13-8(6)9(16)12-10(2,3)4-7(14)15/h5H,4H2,1-3H3,(H,11,13)(H,12,16)(H,14,15). The number of amides is 1. The van der Waals surface area contributed by atoms with E-state index in [0.29, 0.717) is 5.69 Å². The maximum absolute atomic E-state index is 11.7. The van der Waals surface area contributed by atoms with Gasteiger partial charge in [0.2, 0.25) is 0 Å². The molecular formula is C10H15N3O3. The van der Waals surface area contributed by atoms with Gasteiger partial charge in [-0.3, -0.25) is 14.7 Å². The van der Waals surface area contributed by atoms with Crippen LogP contribution in [0, 0.1) is 6.92 Å². The molecule has 0 aliphatic heterocycles. The summed E-state index contributed by atoms with van der Waals surface area (Å²) in [7, 11) is 0. The molecule has 0 atom stereocenters. The van der Waals surface area contributed by atoms with Crippen molar-refractivity contribution in [2.24, 2.45) is 0 Å². The van der Waals surface area contributed by atoms with Gasteiger partial charge in [-0.15, -0.1) is 0 Å². The average molecular weight is 225 g/mol. The van der Waals surface area contributed by atoms with Crippen molar-refractivity contribution < 1.29 is 14.7 Å². The number of carbonyl (C=O) groups is 2. The molecule has 1 aromatic heterocycles. The first-order chi connectivity index (χ1) is 7.32. The fraction of sp³-hybridized carbons (Fsp3) is 0.500. The molecule has 0 saturated heterocycles. The van der Waals surface area contributed by atoms with E-state index >= 15 is 0 Å². The first-order valence-corrected chi connectivity index (χ1v) is 4.86. The van der Waals surface area contributed by atoms with E-state index in [4.69, 9.17) is 5.11 Å². The van der Waals surface area contributed by atoms with E-state index in [2.05, 4.69) is 15.5 Å².